The van der Waals surface area contributed by atoms with Crippen molar-refractivity contribution in [1.29, 1.82) is 0 Å². The van der Waals surface area contributed by atoms with E-state index in [4.69, 9.17) is 28.4 Å². The lowest BCUT2D eigenvalue weighted by Crippen LogP contribution is -2.63. The number of aliphatic hydroxyl groups excluding tert-OH is 9. The van der Waals surface area contributed by atoms with Gasteiger partial charge < -0.3 is 74.4 Å². The highest BCUT2D eigenvalue weighted by atomic mass is 16.7. The molecule has 24 atom stereocenters. The first-order valence-electron chi connectivity index (χ1n) is 20.5. The summed E-state index contributed by atoms with van der Waals surface area (Å²) >= 11 is 0. The molecule has 1 spiro atoms. The predicted molar refractivity (Wildman–Crippen MR) is 186 cm³/mol. The van der Waals surface area contributed by atoms with Crippen LogP contribution in [0.1, 0.15) is 79.1 Å². The van der Waals surface area contributed by atoms with Crippen LogP contribution in [0.3, 0.4) is 0 Å². The van der Waals surface area contributed by atoms with Gasteiger partial charge in [0.2, 0.25) is 0 Å². The van der Waals surface area contributed by atoms with E-state index in [2.05, 4.69) is 27.7 Å². The molecule has 4 saturated carbocycles. The van der Waals surface area contributed by atoms with E-state index in [0.717, 1.165) is 25.7 Å². The Hall–Kier alpha value is -0.600. The molecule has 0 unspecified atom stereocenters. The van der Waals surface area contributed by atoms with Gasteiger partial charge in [0.25, 0.3) is 0 Å². The summed E-state index contributed by atoms with van der Waals surface area (Å²) in [6, 6.07) is 0. The second-order valence-corrected chi connectivity index (χ2v) is 19.0. The fraction of sp³-hybridized carbons (Fsp3) is 1.00. The van der Waals surface area contributed by atoms with Gasteiger partial charge in [-0.2, -0.15) is 0 Å². The molecule has 4 saturated heterocycles. The van der Waals surface area contributed by atoms with E-state index in [-0.39, 0.29) is 52.4 Å². The van der Waals surface area contributed by atoms with E-state index in [0.29, 0.717) is 38.2 Å². The maximum atomic E-state index is 11.3. The molecule has 9 N–H and O–H groups in total. The number of rotatable bonds is 6. The third-order valence-electron chi connectivity index (χ3n) is 16.2. The van der Waals surface area contributed by atoms with E-state index in [1.165, 1.54) is 0 Å². The van der Waals surface area contributed by atoms with Gasteiger partial charge in [0.05, 0.1) is 38.1 Å². The van der Waals surface area contributed by atoms with Crippen LogP contribution >= 0.6 is 0 Å². The van der Waals surface area contributed by atoms with E-state index in [9.17, 15) is 46.0 Å². The Labute approximate surface area is 316 Å². The van der Waals surface area contributed by atoms with Gasteiger partial charge in [-0.25, -0.2) is 0 Å². The summed E-state index contributed by atoms with van der Waals surface area (Å²) < 4.78 is 37.9. The van der Waals surface area contributed by atoms with Crippen LogP contribution in [0.15, 0.2) is 0 Å². The third-order valence-corrected chi connectivity index (χ3v) is 16.2. The van der Waals surface area contributed by atoms with Gasteiger partial charge in [0.1, 0.15) is 54.9 Å². The summed E-state index contributed by atoms with van der Waals surface area (Å²) in [5.41, 5.74) is -0.330. The molecule has 15 nitrogen and oxygen atoms in total. The van der Waals surface area contributed by atoms with Crippen molar-refractivity contribution in [3.63, 3.8) is 0 Å². The molecule has 0 aromatic rings. The van der Waals surface area contributed by atoms with Gasteiger partial charge >= 0.3 is 0 Å². The fourth-order valence-electron chi connectivity index (χ4n) is 13.4. The molecule has 0 bridgehead atoms. The maximum absolute atomic E-state index is 11.3. The molecule has 8 rings (SSSR count). The van der Waals surface area contributed by atoms with Crippen molar-refractivity contribution in [2.45, 2.75) is 171 Å². The first kappa shape index (κ1) is 40.2. The van der Waals surface area contributed by atoms with Crippen LogP contribution in [0.4, 0.5) is 0 Å². The maximum Gasteiger partial charge on any atom is 0.197 e. The van der Waals surface area contributed by atoms with Crippen LogP contribution < -0.4 is 0 Å². The highest BCUT2D eigenvalue weighted by molar-refractivity contribution is 5.17. The van der Waals surface area contributed by atoms with Crippen LogP contribution in [0.2, 0.25) is 0 Å². The lowest BCUT2D eigenvalue weighted by Gasteiger charge is -2.63. The summed E-state index contributed by atoms with van der Waals surface area (Å²) in [5.74, 6) is 0.156. The normalized spacial score (nSPS) is 60.1. The Balaban J connectivity index is 1.07. The van der Waals surface area contributed by atoms with Crippen LogP contribution in [-0.4, -0.2) is 157 Å². The number of aliphatic hydroxyl groups is 9. The average molecular weight is 773 g/mol. The van der Waals surface area contributed by atoms with Crippen molar-refractivity contribution in [1.82, 2.24) is 0 Å². The van der Waals surface area contributed by atoms with E-state index in [1.807, 2.05) is 0 Å². The monoisotopic (exact) mass is 772 g/mol. The minimum atomic E-state index is -1.59. The van der Waals surface area contributed by atoms with E-state index >= 15 is 0 Å². The largest absolute Gasteiger partial charge is 0.394 e. The first-order chi connectivity index (χ1) is 25.6. The zero-order valence-corrected chi connectivity index (χ0v) is 31.9. The summed E-state index contributed by atoms with van der Waals surface area (Å²) in [6.07, 6.45) is -9.78. The van der Waals surface area contributed by atoms with Gasteiger partial charge in [-0.15, -0.1) is 0 Å². The quantitative estimate of drug-likeness (QED) is 0.153. The zero-order valence-electron chi connectivity index (χ0n) is 31.9. The molecule has 310 valence electrons. The van der Waals surface area contributed by atoms with Crippen molar-refractivity contribution in [3.8, 4) is 0 Å². The van der Waals surface area contributed by atoms with Gasteiger partial charge in [0.15, 0.2) is 18.4 Å². The topological polar surface area (TPSA) is 237 Å². The lowest BCUT2D eigenvalue weighted by atomic mass is 9.43. The van der Waals surface area contributed by atoms with Crippen molar-refractivity contribution in [2.24, 2.45) is 52.3 Å². The summed E-state index contributed by atoms with van der Waals surface area (Å²) in [7, 11) is 0. The average Bonchev–Trinajstić information content (AvgIpc) is 3.60. The molecule has 4 aliphatic heterocycles. The predicted octanol–water partition coefficient (Wildman–Crippen LogP) is -0.616. The van der Waals surface area contributed by atoms with Crippen molar-refractivity contribution < 1.29 is 74.4 Å². The zero-order chi connectivity index (χ0) is 38.6. The number of fused-ring (bicyclic) bond motifs is 7. The van der Waals surface area contributed by atoms with Crippen LogP contribution in [-0.2, 0) is 28.4 Å². The molecule has 0 amide bonds. The molecule has 8 fully saturated rings. The minimum Gasteiger partial charge on any atom is -0.394 e. The highest BCUT2D eigenvalue weighted by Gasteiger charge is 2.71. The van der Waals surface area contributed by atoms with Crippen LogP contribution in [0.25, 0.3) is 0 Å². The van der Waals surface area contributed by atoms with Crippen molar-refractivity contribution in [3.05, 3.63) is 0 Å². The SMILES string of the molecule is C[C@H]1CO[C@]2(O[C@H]3C[C@H]4[C@@H]5C[C@H](O[C@@H]6O[C@H](CO)[C@@H](O)[C@H](O)[C@H]6O)[C@H]6C[C@@H](O[C@@H]7O[C@H](CO)[C@@H](O)[C@H](O)[C@H]7O)CC[C@]6(C)[C@H]5CC[C@]4(C)[C@H]3[C@@H]2C)[C@@H](O)C1. The molecule has 54 heavy (non-hydrogen) atoms. The molecule has 4 aliphatic carbocycles. The Morgan fingerprint density at radius 2 is 1.26 bits per heavy atom. The smallest absolute Gasteiger partial charge is 0.197 e. The lowest BCUT2D eigenvalue weighted by molar-refractivity contribution is -0.335. The Morgan fingerprint density at radius 3 is 1.87 bits per heavy atom. The molecule has 0 aromatic heterocycles. The molecule has 15 heteroatoms. The Kier molecular flexibility index (Phi) is 10.9. The van der Waals surface area contributed by atoms with Crippen molar-refractivity contribution >= 4 is 0 Å². The molecular formula is C39H64O15. The van der Waals surface area contributed by atoms with Gasteiger partial charge in [-0.05, 0) is 97.7 Å². The van der Waals surface area contributed by atoms with E-state index in [1.54, 1.807) is 0 Å². The Morgan fingerprint density at radius 1 is 0.648 bits per heavy atom. The fourth-order valence-corrected chi connectivity index (χ4v) is 13.4. The van der Waals surface area contributed by atoms with E-state index < -0.39 is 98.7 Å². The first-order valence-corrected chi connectivity index (χ1v) is 20.5. The summed E-state index contributed by atoms with van der Waals surface area (Å²) in [5, 5.41) is 94.9. The van der Waals surface area contributed by atoms with Crippen LogP contribution in [0, 0.1) is 52.3 Å². The van der Waals surface area contributed by atoms with Crippen LogP contribution in [0.5, 0.6) is 0 Å². The molecular weight excluding hydrogens is 708 g/mol. The van der Waals surface area contributed by atoms with Crippen molar-refractivity contribution in [2.75, 3.05) is 19.8 Å². The minimum absolute atomic E-state index is 0.000329. The second-order valence-electron chi connectivity index (χ2n) is 19.0. The molecule has 0 aromatic carbocycles. The number of hydrogen-bond acceptors (Lipinski definition) is 15. The van der Waals surface area contributed by atoms with Gasteiger partial charge in [-0.1, -0.05) is 27.7 Å². The number of ether oxygens (including phenoxy) is 6. The molecule has 8 aliphatic rings. The molecule has 4 heterocycles. The van der Waals surface area contributed by atoms with Gasteiger partial charge in [-0.3, -0.25) is 0 Å². The van der Waals surface area contributed by atoms with Gasteiger partial charge in [0, 0.05) is 5.92 Å². The second kappa shape index (κ2) is 14.6. The summed E-state index contributed by atoms with van der Waals surface area (Å²) in [6.45, 7) is 8.39. The third kappa shape index (κ3) is 6.09. The highest BCUT2D eigenvalue weighted by Crippen LogP contribution is 2.71. The number of hydrogen-bond donors (Lipinski definition) is 9. The summed E-state index contributed by atoms with van der Waals surface area (Å²) in [4.78, 5) is 0. The molecule has 0 radical (unpaired) electrons. The standard InChI is InChI=1S/C39H64O15/c1-16-9-27(42)39(49-15-16)17(2)28-24(54-39)12-21-19-11-23(51-36-34(48)32(46)30(44)26(14-41)53-36)22-10-18(5-7-37(22,3)20(19)6-8-38(21,28)4)50-35-33(47)31(45)29(43)25(13-40)52-35/h16-36,40-48H,5-15H2,1-4H3/t16-,17+,18+,19-,20+,21+,22-,23+,24+,25-,26-,27+,28+,29-,30-,31+,32+,33-,34-,35-,36-,37-,38+,39-/m1/s1. The Bertz CT molecular complexity index is 1340.